The van der Waals surface area contributed by atoms with Crippen molar-refractivity contribution in [3.05, 3.63) is 65.2 Å². The summed E-state index contributed by atoms with van der Waals surface area (Å²) in [6.45, 7) is 0.683. The molecule has 0 radical (unpaired) electrons. The van der Waals surface area contributed by atoms with Crippen molar-refractivity contribution in [2.75, 3.05) is 12.4 Å². The number of hydrogen-bond acceptors (Lipinski definition) is 2. The average Bonchev–Trinajstić information content (AvgIpc) is 2.43. The van der Waals surface area contributed by atoms with Gasteiger partial charge in [0.1, 0.15) is 11.6 Å². The molecular formula is C16H17ClF2N2O. The molecule has 0 aliphatic carbocycles. The zero-order valence-electron chi connectivity index (χ0n) is 12.0. The van der Waals surface area contributed by atoms with Crippen LogP contribution in [0, 0.1) is 11.6 Å². The minimum atomic E-state index is -0.588. The molecule has 2 N–H and O–H groups in total. The number of carbonyl (C=O) groups excluding carboxylic acids is 1. The van der Waals surface area contributed by atoms with E-state index in [2.05, 4.69) is 10.6 Å². The zero-order valence-corrected chi connectivity index (χ0v) is 12.8. The third-order valence-electron chi connectivity index (χ3n) is 2.95. The van der Waals surface area contributed by atoms with Gasteiger partial charge in [0.2, 0.25) is 5.91 Å². The molecule has 0 bridgehead atoms. The Morgan fingerprint density at radius 1 is 1.14 bits per heavy atom. The number of carbonyl (C=O) groups is 1. The topological polar surface area (TPSA) is 41.1 Å². The first kappa shape index (κ1) is 18.1. The van der Waals surface area contributed by atoms with Crippen molar-refractivity contribution < 1.29 is 13.6 Å². The summed E-state index contributed by atoms with van der Waals surface area (Å²) < 4.78 is 26.5. The molecule has 0 aliphatic rings. The summed E-state index contributed by atoms with van der Waals surface area (Å²) in [5.74, 6) is -1.54. The van der Waals surface area contributed by atoms with Gasteiger partial charge in [-0.2, -0.15) is 0 Å². The van der Waals surface area contributed by atoms with Crippen LogP contribution in [-0.4, -0.2) is 13.0 Å². The Kier molecular flexibility index (Phi) is 6.95. The van der Waals surface area contributed by atoms with Gasteiger partial charge in [-0.15, -0.1) is 12.4 Å². The maximum atomic E-state index is 13.5. The van der Waals surface area contributed by atoms with E-state index in [9.17, 15) is 13.6 Å². The summed E-state index contributed by atoms with van der Waals surface area (Å²) >= 11 is 0. The van der Waals surface area contributed by atoms with Gasteiger partial charge in [0.05, 0.1) is 6.42 Å². The molecule has 0 atom stereocenters. The molecule has 0 aromatic heterocycles. The van der Waals surface area contributed by atoms with Gasteiger partial charge < -0.3 is 10.6 Å². The molecule has 0 saturated carbocycles. The smallest absolute Gasteiger partial charge is 0.228 e. The van der Waals surface area contributed by atoms with Gasteiger partial charge in [0, 0.05) is 17.8 Å². The van der Waals surface area contributed by atoms with Crippen molar-refractivity contribution in [3.8, 4) is 0 Å². The number of benzene rings is 2. The molecule has 0 heterocycles. The lowest BCUT2D eigenvalue weighted by Gasteiger charge is -2.08. The summed E-state index contributed by atoms with van der Waals surface area (Å²) in [5.41, 5.74) is 1.69. The van der Waals surface area contributed by atoms with E-state index in [1.807, 2.05) is 25.2 Å². The van der Waals surface area contributed by atoms with E-state index < -0.39 is 11.6 Å². The van der Waals surface area contributed by atoms with Gasteiger partial charge in [-0.1, -0.05) is 12.1 Å². The molecule has 2 rings (SSSR count). The summed E-state index contributed by atoms with van der Waals surface area (Å²) in [4.78, 5) is 11.9. The van der Waals surface area contributed by atoms with E-state index >= 15 is 0 Å². The number of rotatable bonds is 5. The molecular weight excluding hydrogens is 310 g/mol. The normalized spacial score (nSPS) is 9.95. The number of anilines is 1. The molecule has 6 heteroatoms. The lowest BCUT2D eigenvalue weighted by Crippen LogP contribution is -2.15. The second-order valence-corrected chi connectivity index (χ2v) is 4.69. The van der Waals surface area contributed by atoms with E-state index in [-0.39, 0.29) is 30.3 Å². The predicted octanol–water partition coefficient (Wildman–Crippen LogP) is 3.29. The molecule has 0 saturated heterocycles. The fourth-order valence-electron chi connectivity index (χ4n) is 2.02. The molecule has 0 aliphatic heterocycles. The summed E-state index contributed by atoms with van der Waals surface area (Å²) in [5, 5.41) is 5.69. The van der Waals surface area contributed by atoms with Gasteiger partial charge in [-0.05, 0) is 42.9 Å². The average molecular weight is 327 g/mol. The number of amides is 1. The zero-order chi connectivity index (χ0) is 15.2. The quantitative estimate of drug-likeness (QED) is 0.885. The summed E-state index contributed by atoms with van der Waals surface area (Å²) in [7, 11) is 1.83. The molecule has 0 spiro atoms. The van der Waals surface area contributed by atoms with Crippen LogP contribution in [0.5, 0.6) is 0 Å². The number of nitrogens with one attached hydrogen (secondary N) is 2. The van der Waals surface area contributed by atoms with Crippen LogP contribution in [-0.2, 0) is 17.8 Å². The van der Waals surface area contributed by atoms with E-state index in [0.717, 1.165) is 23.8 Å². The standard InChI is InChI=1S/C16H16F2N2O.ClH/c1-19-10-11-3-2-4-14(7-11)20-16(21)9-12-8-13(17)5-6-15(12)18;/h2-8,19H,9-10H2,1H3,(H,20,21);1H. The molecule has 0 fully saturated rings. The Morgan fingerprint density at radius 3 is 2.64 bits per heavy atom. The van der Waals surface area contributed by atoms with Gasteiger partial charge in [0.15, 0.2) is 0 Å². The highest BCUT2D eigenvalue weighted by Crippen LogP contribution is 2.13. The second-order valence-electron chi connectivity index (χ2n) is 4.69. The van der Waals surface area contributed by atoms with Gasteiger partial charge in [-0.3, -0.25) is 4.79 Å². The fraction of sp³-hybridized carbons (Fsp3) is 0.188. The molecule has 0 unspecified atom stereocenters. The molecule has 2 aromatic rings. The largest absolute Gasteiger partial charge is 0.326 e. The molecule has 1 amide bonds. The summed E-state index contributed by atoms with van der Waals surface area (Å²) in [6, 6.07) is 10.4. The van der Waals surface area contributed by atoms with Gasteiger partial charge in [0.25, 0.3) is 0 Å². The van der Waals surface area contributed by atoms with Crippen molar-refractivity contribution in [1.29, 1.82) is 0 Å². The van der Waals surface area contributed by atoms with Crippen LogP contribution in [0.3, 0.4) is 0 Å². The number of halogens is 3. The first-order chi connectivity index (χ1) is 10.1. The van der Waals surface area contributed by atoms with E-state index in [4.69, 9.17) is 0 Å². The Hall–Kier alpha value is -1.98. The van der Waals surface area contributed by atoms with Crippen LogP contribution >= 0.6 is 12.4 Å². The van der Waals surface area contributed by atoms with Crippen LogP contribution in [0.2, 0.25) is 0 Å². The minimum absolute atomic E-state index is 0. The van der Waals surface area contributed by atoms with E-state index in [0.29, 0.717) is 12.2 Å². The minimum Gasteiger partial charge on any atom is -0.326 e. The maximum absolute atomic E-state index is 13.5. The highest BCUT2D eigenvalue weighted by atomic mass is 35.5. The Balaban J connectivity index is 0.00000242. The Morgan fingerprint density at radius 2 is 1.91 bits per heavy atom. The van der Waals surface area contributed by atoms with Crippen molar-refractivity contribution in [2.45, 2.75) is 13.0 Å². The van der Waals surface area contributed by atoms with E-state index in [1.54, 1.807) is 6.07 Å². The molecule has 3 nitrogen and oxygen atoms in total. The van der Waals surface area contributed by atoms with Crippen LogP contribution in [0.15, 0.2) is 42.5 Å². The third kappa shape index (κ3) is 5.09. The third-order valence-corrected chi connectivity index (χ3v) is 2.95. The Labute approximate surface area is 134 Å². The van der Waals surface area contributed by atoms with Crippen LogP contribution in [0.4, 0.5) is 14.5 Å². The highest BCUT2D eigenvalue weighted by molar-refractivity contribution is 5.92. The monoisotopic (exact) mass is 326 g/mol. The Bertz CT molecular complexity index is 650. The lowest BCUT2D eigenvalue weighted by atomic mass is 10.1. The number of hydrogen-bond donors (Lipinski definition) is 2. The van der Waals surface area contributed by atoms with Crippen molar-refractivity contribution >= 4 is 24.0 Å². The molecule has 22 heavy (non-hydrogen) atoms. The molecule has 118 valence electrons. The van der Waals surface area contributed by atoms with Gasteiger partial charge >= 0.3 is 0 Å². The highest BCUT2D eigenvalue weighted by Gasteiger charge is 2.10. The van der Waals surface area contributed by atoms with Crippen molar-refractivity contribution in [2.24, 2.45) is 0 Å². The second kappa shape index (κ2) is 8.46. The van der Waals surface area contributed by atoms with Crippen molar-refractivity contribution in [3.63, 3.8) is 0 Å². The van der Waals surface area contributed by atoms with E-state index in [1.165, 1.54) is 0 Å². The van der Waals surface area contributed by atoms with Crippen molar-refractivity contribution in [1.82, 2.24) is 5.32 Å². The maximum Gasteiger partial charge on any atom is 0.228 e. The fourth-order valence-corrected chi connectivity index (χ4v) is 2.02. The first-order valence-electron chi connectivity index (χ1n) is 6.56. The summed E-state index contributed by atoms with van der Waals surface area (Å²) in [6.07, 6.45) is -0.208. The van der Waals surface area contributed by atoms with Crippen LogP contribution in [0.25, 0.3) is 0 Å². The SMILES string of the molecule is CNCc1cccc(NC(=O)Cc2cc(F)ccc2F)c1.Cl. The first-order valence-corrected chi connectivity index (χ1v) is 6.56. The lowest BCUT2D eigenvalue weighted by molar-refractivity contribution is -0.115. The van der Waals surface area contributed by atoms with Crippen LogP contribution < -0.4 is 10.6 Å². The van der Waals surface area contributed by atoms with Gasteiger partial charge in [-0.25, -0.2) is 8.78 Å². The molecule has 2 aromatic carbocycles. The van der Waals surface area contributed by atoms with Crippen LogP contribution in [0.1, 0.15) is 11.1 Å². The predicted molar refractivity (Wildman–Crippen MR) is 85.1 cm³/mol.